The molecule has 0 aliphatic rings. The van der Waals surface area contributed by atoms with Crippen LogP contribution in [0.3, 0.4) is 0 Å². The second-order valence-electron chi connectivity index (χ2n) is 6.29. The Morgan fingerprint density at radius 3 is 2.48 bits per heavy atom. The molecule has 0 heterocycles. The number of hydrogen-bond acceptors (Lipinski definition) is 4. The van der Waals surface area contributed by atoms with Crippen molar-refractivity contribution in [2.24, 2.45) is 10.9 Å². The lowest BCUT2D eigenvalue weighted by Crippen LogP contribution is -2.37. The van der Waals surface area contributed by atoms with Gasteiger partial charge in [0.15, 0.2) is 5.96 Å². The second kappa shape index (κ2) is 13.5. The fraction of sp³-hybridized carbons (Fsp3) is 0.632. The molecular weight excluding hydrogens is 316 g/mol. The van der Waals surface area contributed by atoms with Crippen LogP contribution in [0.5, 0.6) is 0 Å². The first-order valence-corrected chi connectivity index (χ1v) is 8.99. The number of hydrogen-bond donors (Lipinski definition) is 3. The van der Waals surface area contributed by atoms with Crippen molar-refractivity contribution in [3.8, 4) is 0 Å². The van der Waals surface area contributed by atoms with Crippen molar-refractivity contribution in [1.82, 2.24) is 10.6 Å². The molecule has 25 heavy (non-hydrogen) atoms. The minimum absolute atomic E-state index is 0.587. The van der Waals surface area contributed by atoms with Crippen LogP contribution >= 0.6 is 0 Å². The van der Waals surface area contributed by atoms with Gasteiger partial charge in [0, 0.05) is 52.7 Å². The van der Waals surface area contributed by atoms with Crippen molar-refractivity contribution in [2.75, 3.05) is 52.4 Å². The van der Waals surface area contributed by atoms with Crippen molar-refractivity contribution in [2.45, 2.75) is 26.8 Å². The van der Waals surface area contributed by atoms with E-state index in [-0.39, 0.29) is 0 Å². The largest absolute Gasteiger partial charge is 0.383 e. The quantitative estimate of drug-likeness (QED) is 0.307. The Labute approximate surface area is 152 Å². The summed E-state index contributed by atoms with van der Waals surface area (Å²) < 4.78 is 10.6. The highest BCUT2D eigenvalue weighted by Crippen LogP contribution is 2.08. The van der Waals surface area contributed by atoms with Gasteiger partial charge in [-0.1, -0.05) is 26.0 Å². The summed E-state index contributed by atoms with van der Waals surface area (Å²) in [6.07, 6.45) is 0.968. The molecule has 1 aromatic rings. The molecule has 6 nitrogen and oxygen atoms in total. The van der Waals surface area contributed by atoms with Gasteiger partial charge in [-0.05, 0) is 30.0 Å². The molecule has 0 radical (unpaired) electrons. The minimum atomic E-state index is 0.587. The van der Waals surface area contributed by atoms with Gasteiger partial charge in [0.05, 0.1) is 6.61 Å². The summed E-state index contributed by atoms with van der Waals surface area (Å²) >= 11 is 0. The van der Waals surface area contributed by atoms with Crippen molar-refractivity contribution in [3.05, 3.63) is 29.8 Å². The van der Waals surface area contributed by atoms with E-state index >= 15 is 0 Å². The van der Waals surface area contributed by atoms with Crippen LogP contribution in [0.2, 0.25) is 0 Å². The molecule has 0 aromatic heterocycles. The maximum Gasteiger partial charge on any atom is 0.191 e. The highest BCUT2D eigenvalue weighted by Gasteiger charge is 1.99. The molecule has 0 fully saturated rings. The van der Waals surface area contributed by atoms with Crippen LogP contribution in [-0.2, 0) is 16.0 Å². The third-order valence-electron chi connectivity index (χ3n) is 3.48. The average molecular weight is 351 g/mol. The van der Waals surface area contributed by atoms with Crippen LogP contribution in [0.1, 0.15) is 25.8 Å². The zero-order valence-corrected chi connectivity index (χ0v) is 16.1. The number of benzene rings is 1. The summed E-state index contributed by atoms with van der Waals surface area (Å²) in [4.78, 5) is 4.24. The molecule has 6 heteroatoms. The zero-order valence-electron chi connectivity index (χ0n) is 16.1. The lowest BCUT2D eigenvalue weighted by Gasteiger charge is -2.13. The summed E-state index contributed by atoms with van der Waals surface area (Å²) in [6.45, 7) is 9.02. The van der Waals surface area contributed by atoms with Crippen LogP contribution in [0.15, 0.2) is 29.3 Å². The molecule has 1 aromatic carbocycles. The van der Waals surface area contributed by atoms with Crippen molar-refractivity contribution in [1.29, 1.82) is 0 Å². The van der Waals surface area contributed by atoms with Crippen molar-refractivity contribution < 1.29 is 9.47 Å². The Balaban J connectivity index is 2.21. The monoisotopic (exact) mass is 350 g/mol. The molecule has 0 aliphatic carbocycles. The lowest BCUT2D eigenvalue weighted by atomic mass is 10.2. The van der Waals surface area contributed by atoms with Crippen LogP contribution in [0, 0.1) is 5.92 Å². The Kier molecular flexibility index (Phi) is 11.5. The van der Waals surface area contributed by atoms with Gasteiger partial charge in [-0.2, -0.15) is 0 Å². The molecule has 3 N–H and O–H groups in total. The van der Waals surface area contributed by atoms with E-state index in [2.05, 4.69) is 59.1 Å². The van der Waals surface area contributed by atoms with Crippen LogP contribution in [0.4, 0.5) is 5.69 Å². The van der Waals surface area contributed by atoms with E-state index in [4.69, 9.17) is 9.47 Å². The minimum Gasteiger partial charge on any atom is -0.383 e. The zero-order chi connectivity index (χ0) is 18.3. The maximum atomic E-state index is 5.57. The normalized spacial score (nSPS) is 11.6. The molecule has 0 bridgehead atoms. The molecule has 142 valence electrons. The number of guanidine groups is 1. The van der Waals surface area contributed by atoms with Crippen LogP contribution < -0.4 is 16.0 Å². The molecule has 0 saturated heterocycles. The van der Waals surface area contributed by atoms with Gasteiger partial charge in [-0.3, -0.25) is 4.99 Å². The van der Waals surface area contributed by atoms with Gasteiger partial charge in [0.2, 0.25) is 0 Å². The highest BCUT2D eigenvalue weighted by molar-refractivity contribution is 5.79. The molecular formula is C19H34N4O2. The molecule has 0 atom stereocenters. The van der Waals surface area contributed by atoms with E-state index in [9.17, 15) is 0 Å². The topological polar surface area (TPSA) is 66.9 Å². The summed E-state index contributed by atoms with van der Waals surface area (Å²) in [5.41, 5.74) is 2.31. The number of methoxy groups -OCH3 is 1. The summed E-state index contributed by atoms with van der Waals surface area (Å²) in [5, 5.41) is 9.94. The maximum absolute atomic E-state index is 5.57. The number of ether oxygens (including phenoxy) is 2. The number of nitrogens with zero attached hydrogens (tertiary/aromatic N) is 1. The van der Waals surface area contributed by atoms with Gasteiger partial charge in [0.25, 0.3) is 0 Å². The molecule has 0 amide bonds. The predicted molar refractivity (Wildman–Crippen MR) is 105 cm³/mol. The Morgan fingerprint density at radius 2 is 1.84 bits per heavy atom. The Hall–Kier alpha value is -1.79. The second-order valence-corrected chi connectivity index (χ2v) is 6.29. The fourth-order valence-electron chi connectivity index (χ4n) is 2.14. The number of aliphatic imine (C=N–C) groups is 1. The van der Waals surface area contributed by atoms with Gasteiger partial charge < -0.3 is 25.4 Å². The molecule has 0 spiro atoms. The first-order valence-electron chi connectivity index (χ1n) is 8.99. The standard InChI is InChI=1S/C19H34N4O2/c1-16(2)15-25-12-5-10-22-19(20-3)23-14-17-6-8-18(9-7-17)21-11-13-24-4/h6-9,16,21H,5,10-15H2,1-4H3,(H2,20,22,23). The molecule has 0 aliphatic heterocycles. The SMILES string of the molecule is CN=C(NCCCOCC(C)C)NCc1ccc(NCCOC)cc1. The first-order chi connectivity index (χ1) is 12.2. The summed E-state index contributed by atoms with van der Waals surface area (Å²) in [7, 11) is 3.49. The third-order valence-corrected chi connectivity index (χ3v) is 3.48. The van der Waals surface area contributed by atoms with E-state index in [0.29, 0.717) is 12.5 Å². The average Bonchev–Trinajstić information content (AvgIpc) is 2.61. The van der Waals surface area contributed by atoms with E-state index in [1.54, 1.807) is 14.2 Å². The van der Waals surface area contributed by atoms with E-state index < -0.39 is 0 Å². The predicted octanol–water partition coefficient (Wildman–Crippen LogP) is 2.47. The van der Waals surface area contributed by atoms with Crippen LogP contribution in [-0.4, -0.2) is 53.0 Å². The Morgan fingerprint density at radius 1 is 1.08 bits per heavy atom. The van der Waals surface area contributed by atoms with E-state index in [1.165, 1.54) is 5.56 Å². The Bertz CT molecular complexity index is 475. The molecule has 0 saturated carbocycles. The highest BCUT2D eigenvalue weighted by atomic mass is 16.5. The number of anilines is 1. The smallest absolute Gasteiger partial charge is 0.191 e. The van der Waals surface area contributed by atoms with Gasteiger partial charge in [-0.25, -0.2) is 0 Å². The molecule has 0 unspecified atom stereocenters. The van der Waals surface area contributed by atoms with Crippen molar-refractivity contribution in [3.63, 3.8) is 0 Å². The fourth-order valence-corrected chi connectivity index (χ4v) is 2.14. The first kappa shape index (κ1) is 21.3. The van der Waals surface area contributed by atoms with Crippen molar-refractivity contribution >= 4 is 11.6 Å². The number of rotatable bonds is 12. The lowest BCUT2D eigenvalue weighted by molar-refractivity contribution is 0.108. The number of nitrogens with one attached hydrogen (secondary N) is 3. The van der Waals surface area contributed by atoms with E-state index in [0.717, 1.165) is 50.9 Å². The summed E-state index contributed by atoms with van der Waals surface area (Å²) in [5.74, 6) is 1.40. The van der Waals surface area contributed by atoms with Crippen LogP contribution in [0.25, 0.3) is 0 Å². The van der Waals surface area contributed by atoms with Gasteiger partial charge in [-0.15, -0.1) is 0 Å². The van der Waals surface area contributed by atoms with Gasteiger partial charge in [0.1, 0.15) is 0 Å². The third kappa shape index (κ3) is 10.6. The van der Waals surface area contributed by atoms with E-state index in [1.807, 2.05) is 0 Å². The summed E-state index contributed by atoms with van der Waals surface area (Å²) in [6, 6.07) is 8.37. The molecule has 1 rings (SSSR count). The van der Waals surface area contributed by atoms with Gasteiger partial charge >= 0.3 is 0 Å².